The summed E-state index contributed by atoms with van der Waals surface area (Å²) in [6, 6.07) is 4.22. The molecule has 1 aromatic rings. The average Bonchev–Trinajstić information content (AvgIpc) is 2.41. The first kappa shape index (κ1) is 15.6. The fraction of sp³-hybridized carbons (Fsp3) is 0.533. The number of ether oxygens (including phenoxy) is 1. The molecule has 2 atom stereocenters. The Bertz CT molecular complexity index is 431. The van der Waals surface area contributed by atoms with Gasteiger partial charge in [0, 0.05) is 0 Å². The number of carbonyl (C=O) groups excluding carboxylic acids is 1. The van der Waals surface area contributed by atoms with E-state index in [1.807, 2.05) is 6.92 Å². The van der Waals surface area contributed by atoms with Gasteiger partial charge in [0.2, 0.25) is 0 Å². The van der Waals surface area contributed by atoms with Gasteiger partial charge in [-0.2, -0.15) is 0 Å². The third-order valence-electron chi connectivity index (χ3n) is 3.31. The molecule has 19 heavy (non-hydrogen) atoms. The van der Waals surface area contributed by atoms with Crippen LogP contribution in [0.2, 0.25) is 0 Å². The van der Waals surface area contributed by atoms with Crippen LogP contribution in [0, 0.1) is 18.7 Å². The number of hydrogen-bond acceptors (Lipinski definition) is 3. The van der Waals surface area contributed by atoms with Crippen LogP contribution in [0.3, 0.4) is 0 Å². The van der Waals surface area contributed by atoms with Gasteiger partial charge in [-0.15, -0.1) is 0 Å². The highest BCUT2D eigenvalue weighted by Crippen LogP contribution is 2.30. The van der Waals surface area contributed by atoms with Crippen molar-refractivity contribution < 1.29 is 19.0 Å². The van der Waals surface area contributed by atoms with Crippen LogP contribution in [0.5, 0.6) is 0 Å². The lowest BCUT2D eigenvalue weighted by molar-refractivity contribution is -0.150. The molecule has 0 aliphatic carbocycles. The van der Waals surface area contributed by atoms with Gasteiger partial charge < -0.3 is 9.84 Å². The molecule has 0 spiro atoms. The van der Waals surface area contributed by atoms with E-state index < -0.39 is 23.8 Å². The maximum atomic E-state index is 13.3. The molecule has 0 aromatic heterocycles. The van der Waals surface area contributed by atoms with E-state index in [4.69, 9.17) is 4.74 Å². The number of aliphatic hydroxyl groups is 1. The number of aryl methyl sites for hydroxylation is 1. The Morgan fingerprint density at radius 1 is 1.47 bits per heavy atom. The summed E-state index contributed by atoms with van der Waals surface area (Å²) in [5, 5.41) is 10.3. The molecule has 0 saturated carbocycles. The van der Waals surface area contributed by atoms with Gasteiger partial charge in [-0.25, -0.2) is 4.39 Å². The summed E-state index contributed by atoms with van der Waals surface area (Å²) < 4.78 is 18.0. The number of esters is 1. The van der Waals surface area contributed by atoms with Crippen LogP contribution in [-0.4, -0.2) is 18.2 Å². The summed E-state index contributed by atoms with van der Waals surface area (Å²) in [7, 11) is 1.30. The smallest absolute Gasteiger partial charge is 0.311 e. The Balaban J connectivity index is 3.00. The van der Waals surface area contributed by atoms with Crippen LogP contribution in [-0.2, 0) is 9.53 Å². The normalized spacial score (nSPS) is 13.9. The second-order valence-electron chi connectivity index (χ2n) is 4.72. The van der Waals surface area contributed by atoms with E-state index in [0.29, 0.717) is 12.0 Å². The van der Waals surface area contributed by atoms with Gasteiger partial charge in [0.05, 0.1) is 19.1 Å². The lowest BCUT2D eigenvalue weighted by Crippen LogP contribution is -2.24. The van der Waals surface area contributed by atoms with E-state index >= 15 is 0 Å². The monoisotopic (exact) mass is 268 g/mol. The lowest BCUT2D eigenvalue weighted by atomic mass is 9.89. The minimum absolute atomic E-state index is 0.418. The van der Waals surface area contributed by atoms with E-state index in [2.05, 4.69) is 0 Å². The quantitative estimate of drug-likeness (QED) is 0.806. The number of methoxy groups -OCH3 is 1. The molecule has 0 amide bonds. The summed E-state index contributed by atoms with van der Waals surface area (Å²) in [5.41, 5.74) is 1.21. The van der Waals surface area contributed by atoms with Gasteiger partial charge in [-0.3, -0.25) is 4.79 Å². The maximum Gasteiger partial charge on any atom is 0.311 e. The van der Waals surface area contributed by atoms with Crippen molar-refractivity contribution in [2.24, 2.45) is 5.92 Å². The van der Waals surface area contributed by atoms with Crippen molar-refractivity contribution in [2.75, 3.05) is 7.11 Å². The first-order valence-corrected chi connectivity index (χ1v) is 6.53. The predicted molar refractivity (Wildman–Crippen MR) is 71.1 cm³/mol. The van der Waals surface area contributed by atoms with E-state index in [0.717, 1.165) is 18.4 Å². The Morgan fingerprint density at radius 2 is 2.16 bits per heavy atom. The fourth-order valence-corrected chi connectivity index (χ4v) is 2.13. The Hall–Kier alpha value is -1.42. The Kier molecular flexibility index (Phi) is 5.96. The molecule has 0 radical (unpaired) electrons. The molecule has 0 aliphatic rings. The molecular formula is C15H21FO3. The number of aliphatic hydroxyl groups excluding tert-OH is 1. The molecule has 0 fully saturated rings. The minimum Gasteiger partial charge on any atom is -0.469 e. The highest BCUT2D eigenvalue weighted by Gasteiger charge is 2.29. The Morgan fingerprint density at radius 3 is 2.74 bits per heavy atom. The van der Waals surface area contributed by atoms with Gasteiger partial charge in [0.15, 0.2) is 0 Å². The van der Waals surface area contributed by atoms with E-state index in [1.54, 1.807) is 13.0 Å². The summed E-state index contributed by atoms with van der Waals surface area (Å²) in [6.45, 7) is 3.79. The van der Waals surface area contributed by atoms with Gasteiger partial charge in [-0.05, 0) is 36.6 Å². The maximum absolute atomic E-state index is 13.3. The van der Waals surface area contributed by atoms with Crippen molar-refractivity contribution in [1.82, 2.24) is 0 Å². The lowest BCUT2D eigenvalue weighted by Gasteiger charge is -2.22. The second-order valence-corrected chi connectivity index (χ2v) is 4.72. The number of halogens is 1. The zero-order valence-electron chi connectivity index (χ0n) is 11.6. The number of benzene rings is 1. The summed E-state index contributed by atoms with van der Waals surface area (Å²) in [4.78, 5) is 11.8. The first-order valence-electron chi connectivity index (χ1n) is 6.53. The van der Waals surface area contributed by atoms with Crippen molar-refractivity contribution >= 4 is 5.97 Å². The van der Waals surface area contributed by atoms with Gasteiger partial charge >= 0.3 is 5.97 Å². The molecular weight excluding hydrogens is 247 g/mol. The average molecular weight is 268 g/mol. The van der Waals surface area contributed by atoms with Crippen molar-refractivity contribution in [1.29, 1.82) is 0 Å². The SMILES string of the molecule is CCCCC(C(=O)OC)C(O)c1cc(F)ccc1C. The molecule has 106 valence electrons. The Labute approximate surface area is 113 Å². The van der Waals surface area contributed by atoms with Crippen LogP contribution in [0.25, 0.3) is 0 Å². The van der Waals surface area contributed by atoms with E-state index in [1.165, 1.54) is 19.2 Å². The highest BCUT2D eigenvalue weighted by molar-refractivity contribution is 5.73. The number of hydrogen-bond donors (Lipinski definition) is 1. The van der Waals surface area contributed by atoms with E-state index in [-0.39, 0.29) is 0 Å². The summed E-state index contributed by atoms with van der Waals surface area (Å²) in [6.07, 6.45) is 1.23. The zero-order valence-corrected chi connectivity index (χ0v) is 11.6. The molecule has 1 N–H and O–H groups in total. The molecule has 2 unspecified atom stereocenters. The number of unbranched alkanes of at least 4 members (excludes halogenated alkanes) is 1. The molecule has 1 aromatic carbocycles. The molecule has 3 nitrogen and oxygen atoms in total. The second kappa shape index (κ2) is 7.24. The largest absolute Gasteiger partial charge is 0.469 e. The third kappa shape index (κ3) is 4.03. The molecule has 0 heterocycles. The fourth-order valence-electron chi connectivity index (χ4n) is 2.13. The van der Waals surface area contributed by atoms with Crippen molar-refractivity contribution in [3.05, 3.63) is 35.1 Å². The number of carbonyl (C=O) groups is 1. The van der Waals surface area contributed by atoms with Gasteiger partial charge in [0.25, 0.3) is 0 Å². The standard InChI is InChI=1S/C15H21FO3/c1-4-5-6-12(15(18)19-3)14(17)13-9-11(16)8-7-10(13)2/h7-9,12,14,17H,4-6H2,1-3H3. The minimum atomic E-state index is -1.03. The molecule has 0 saturated heterocycles. The van der Waals surface area contributed by atoms with Crippen LogP contribution >= 0.6 is 0 Å². The topological polar surface area (TPSA) is 46.5 Å². The molecule has 1 rings (SSSR count). The van der Waals surface area contributed by atoms with Gasteiger partial charge in [0.1, 0.15) is 5.82 Å². The van der Waals surface area contributed by atoms with Crippen molar-refractivity contribution in [3.63, 3.8) is 0 Å². The van der Waals surface area contributed by atoms with Crippen molar-refractivity contribution in [2.45, 2.75) is 39.2 Å². The third-order valence-corrected chi connectivity index (χ3v) is 3.31. The molecule has 0 aliphatic heterocycles. The predicted octanol–water partition coefficient (Wildman–Crippen LogP) is 3.15. The van der Waals surface area contributed by atoms with Crippen molar-refractivity contribution in [3.8, 4) is 0 Å². The summed E-state index contributed by atoms with van der Waals surface area (Å²) >= 11 is 0. The molecule has 0 bridgehead atoms. The van der Waals surface area contributed by atoms with E-state index in [9.17, 15) is 14.3 Å². The first-order chi connectivity index (χ1) is 9.01. The summed E-state index contributed by atoms with van der Waals surface area (Å²) in [5.74, 6) is -1.52. The molecule has 4 heteroatoms. The highest BCUT2D eigenvalue weighted by atomic mass is 19.1. The zero-order chi connectivity index (χ0) is 14.4. The van der Waals surface area contributed by atoms with Gasteiger partial charge in [-0.1, -0.05) is 25.8 Å². The number of rotatable bonds is 6. The van der Waals surface area contributed by atoms with Crippen LogP contribution in [0.1, 0.15) is 43.4 Å². The van der Waals surface area contributed by atoms with Crippen LogP contribution in [0.15, 0.2) is 18.2 Å². The van der Waals surface area contributed by atoms with Crippen LogP contribution < -0.4 is 0 Å². The van der Waals surface area contributed by atoms with Crippen LogP contribution in [0.4, 0.5) is 4.39 Å².